The Morgan fingerprint density at radius 2 is 2.20 bits per heavy atom. The number of aromatic nitrogens is 1. The number of carbonyl (C=O) groups is 1. The van der Waals surface area contributed by atoms with Gasteiger partial charge in [-0.05, 0) is 30.0 Å². The summed E-state index contributed by atoms with van der Waals surface area (Å²) < 4.78 is 0. The molecule has 0 radical (unpaired) electrons. The van der Waals surface area contributed by atoms with Gasteiger partial charge in [-0.3, -0.25) is 0 Å². The zero-order chi connectivity index (χ0) is 14.5. The molecule has 1 unspecified atom stereocenters. The number of fused-ring (bicyclic) bond motifs is 1. The van der Waals surface area contributed by atoms with Crippen molar-refractivity contribution in [1.82, 2.24) is 4.98 Å². The summed E-state index contributed by atoms with van der Waals surface area (Å²) >= 11 is 0. The van der Waals surface area contributed by atoms with Gasteiger partial charge in [0.15, 0.2) is 0 Å². The number of anilines is 1. The maximum atomic E-state index is 11.3. The molecule has 1 atom stereocenters. The van der Waals surface area contributed by atoms with Crippen molar-refractivity contribution >= 4 is 22.6 Å². The highest BCUT2D eigenvalue weighted by molar-refractivity contribution is 5.94. The Labute approximate surface area is 117 Å². The number of pyridine rings is 1. The number of rotatable bonds is 6. The van der Waals surface area contributed by atoms with E-state index in [1.54, 1.807) is 24.4 Å². The number of phenols is 1. The molecule has 3 N–H and O–H groups in total. The summed E-state index contributed by atoms with van der Waals surface area (Å²) in [7, 11) is 0. The van der Waals surface area contributed by atoms with Gasteiger partial charge in [-0.2, -0.15) is 0 Å². The Kier molecular flexibility index (Phi) is 4.40. The number of carboxylic acids is 1. The van der Waals surface area contributed by atoms with Gasteiger partial charge in [0.1, 0.15) is 17.6 Å². The molecule has 0 fully saturated rings. The van der Waals surface area contributed by atoms with E-state index in [0.717, 1.165) is 23.6 Å². The molecule has 2 aromatic rings. The highest BCUT2D eigenvalue weighted by atomic mass is 16.4. The molecule has 5 heteroatoms. The van der Waals surface area contributed by atoms with Crippen LogP contribution in [0.1, 0.15) is 26.2 Å². The molecule has 0 saturated heterocycles. The number of nitrogens with zero attached hydrogens (tertiary/aromatic N) is 1. The summed E-state index contributed by atoms with van der Waals surface area (Å²) in [5, 5.41) is 23.4. The van der Waals surface area contributed by atoms with Crippen molar-refractivity contribution in [3.8, 4) is 5.75 Å². The zero-order valence-corrected chi connectivity index (χ0v) is 11.3. The predicted octanol–water partition coefficient (Wildman–Crippen LogP) is 3.00. The first-order valence-corrected chi connectivity index (χ1v) is 6.69. The third-order valence-corrected chi connectivity index (χ3v) is 3.21. The number of phenolic OH excluding ortho intramolecular Hbond substituents is 1. The van der Waals surface area contributed by atoms with Crippen LogP contribution >= 0.6 is 0 Å². The van der Waals surface area contributed by atoms with Crippen molar-refractivity contribution in [3.63, 3.8) is 0 Å². The van der Waals surface area contributed by atoms with Gasteiger partial charge in [0.2, 0.25) is 0 Å². The van der Waals surface area contributed by atoms with Crippen LogP contribution in [0, 0.1) is 0 Å². The van der Waals surface area contributed by atoms with E-state index in [1.165, 1.54) is 0 Å². The molecule has 106 valence electrons. The highest BCUT2D eigenvalue weighted by Gasteiger charge is 2.18. The third kappa shape index (κ3) is 3.17. The van der Waals surface area contributed by atoms with Gasteiger partial charge in [0.25, 0.3) is 0 Å². The SMILES string of the molecule is CCCCC(Nc1nccc2ccc(O)cc12)C(=O)O. The lowest BCUT2D eigenvalue weighted by molar-refractivity contribution is -0.138. The van der Waals surface area contributed by atoms with Gasteiger partial charge >= 0.3 is 5.97 Å². The molecular weight excluding hydrogens is 256 g/mol. The Morgan fingerprint density at radius 3 is 2.90 bits per heavy atom. The van der Waals surface area contributed by atoms with Crippen LogP contribution in [-0.4, -0.2) is 27.2 Å². The summed E-state index contributed by atoms with van der Waals surface area (Å²) in [6.07, 6.45) is 3.94. The second-order valence-electron chi connectivity index (χ2n) is 4.74. The van der Waals surface area contributed by atoms with Crippen molar-refractivity contribution in [2.24, 2.45) is 0 Å². The molecule has 0 aliphatic carbocycles. The molecule has 0 aliphatic heterocycles. The normalized spacial score (nSPS) is 12.2. The fraction of sp³-hybridized carbons (Fsp3) is 0.333. The molecule has 5 nitrogen and oxygen atoms in total. The first-order chi connectivity index (χ1) is 9.61. The Morgan fingerprint density at radius 1 is 1.40 bits per heavy atom. The van der Waals surface area contributed by atoms with Crippen molar-refractivity contribution in [3.05, 3.63) is 30.5 Å². The van der Waals surface area contributed by atoms with E-state index >= 15 is 0 Å². The fourth-order valence-corrected chi connectivity index (χ4v) is 2.10. The largest absolute Gasteiger partial charge is 0.508 e. The van der Waals surface area contributed by atoms with Gasteiger partial charge in [0.05, 0.1) is 0 Å². The Bertz CT molecular complexity index is 613. The molecule has 1 heterocycles. The van der Waals surface area contributed by atoms with E-state index in [2.05, 4.69) is 10.3 Å². The second-order valence-corrected chi connectivity index (χ2v) is 4.74. The smallest absolute Gasteiger partial charge is 0.326 e. The zero-order valence-electron chi connectivity index (χ0n) is 11.3. The molecule has 0 amide bonds. The topological polar surface area (TPSA) is 82.5 Å². The number of aliphatic carboxylic acids is 1. The van der Waals surface area contributed by atoms with Crippen molar-refractivity contribution < 1.29 is 15.0 Å². The summed E-state index contributed by atoms with van der Waals surface area (Å²) in [6.45, 7) is 2.02. The number of benzene rings is 1. The first kappa shape index (κ1) is 14.1. The van der Waals surface area contributed by atoms with Crippen LogP contribution in [0.15, 0.2) is 30.5 Å². The van der Waals surface area contributed by atoms with Crippen LogP contribution < -0.4 is 5.32 Å². The lowest BCUT2D eigenvalue weighted by Crippen LogP contribution is -2.29. The lowest BCUT2D eigenvalue weighted by Gasteiger charge is -2.16. The average molecular weight is 274 g/mol. The summed E-state index contributed by atoms with van der Waals surface area (Å²) in [4.78, 5) is 15.5. The molecular formula is C15H18N2O3. The van der Waals surface area contributed by atoms with Gasteiger partial charge in [-0.25, -0.2) is 9.78 Å². The van der Waals surface area contributed by atoms with Gasteiger partial charge in [-0.1, -0.05) is 25.8 Å². The summed E-state index contributed by atoms with van der Waals surface area (Å²) in [5.41, 5.74) is 0. The van der Waals surface area contributed by atoms with Crippen LogP contribution in [0.5, 0.6) is 5.75 Å². The fourth-order valence-electron chi connectivity index (χ4n) is 2.10. The van der Waals surface area contributed by atoms with Crippen LogP contribution in [0.4, 0.5) is 5.82 Å². The minimum absolute atomic E-state index is 0.133. The number of aromatic hydroxyl groups is 1. The summed E-state index contributed by atoms with van der Waals surface area (Å²) in [5.74, 6) is -0.270. The Balaban J connectivity index is 2.31. The monoisotopic (exact) mass is 274 g/mol. The lowest BCUT2D eigenvalue weighted by atomic mass is 10.1. The quantitative estimate of drug-likeness (QED) is 0.754. The first-order valence-electron chi connectivity index (χ1n) is 6.69. The number of nitrogens with one attached hydrogen (secondary N) is 1. The van der Waals surface area contributed by atoms with E-state index in [-0.39, 0.29) is 5.75 Å². The second kappa shape index (κ2) is 6.23. The van der Waals surface area contributed by atoms with Crippen LogP contribution in [-0.2, 0) is 4.79 Å². The van der Waals surface area contributed by atoms with E-state index in [0.29, 0.717) is 12.2 Å². The maximum Gasteiger partial charge on any atom is 0.326 e. The minimum Gasteiger partial charge on any atom is -0.508 e. The molecule has 0 bridgehead atoms. The van der Waals surface area contributed by atoms with E-state index in [1.807, 2.05) is 13.0 Å². The van der Waals surface area contributed by atoms with Crippen molar-refractivity contribution in [2.75, 3.05) is 5.32 Å². The number of unbranched alkanes of at least 4 members (excludes halogenated alkanes) is 1. The predicted molar refractivity (Wildman–Crippen MR) is 78.0 cm³/mol. The average Bonchev–Trinajstić information content (AvgIpc) is 2.43. The van der Waals surface area contributed by atoms with E-state index in [4.69, 9.17) is 0 Å². The molecule has 1 aromatic carbocycles. The number of hydrogen-bond donors (Lipinski definition) is 3. The van der Waals surface area contributed by atoms with Gasteiger partial charge < -0.3 is 15.5 Å². The maximum absolute atomic E-state index is 11.3. The molecule has 2 rings (SSSR count). The van der Waals surface area contributed by atoms with Crippen LogP contribution in [0.2, 0.25) is 0 Å². The summed E-state index contributed by atoms with van der Waals surface area (Å²) in [6, 6.07) is 6.11. The van der Waals surface area contributed by atoms with E-state index in [9.17, 15) is 15.0 Å². The Hall–Kier alpha value is -2.30. The minimum atomic E-state index is -0.891. The molecule has 20 heavy (non-hydrogen) atoms. The van der Waals surface area contributed by atoms with Gasteiger partial charge in [0, 0.05) is 11.6 Å². The molecule has 1 aromatic heterocycles. The number of carboxylic acid groups (broad SMARTS) is 1. The molecule has 0 aliphatic rings. The molecule has 0 spiro atoms. The molecule has 0 saturated carbocycles. The van der Waals surface area contributed by atoms with Gasteiger partial charge in [-0.15, -0.1) is 0 Å². The number of hydrogen-bond acceptors (Lipinski definition) is 4. The van der Waals surface area contributed by atoms with Crippen molar-refractivity contribution in [2.45, 2.75) is 32.2 Å². The van der Waals surface area contributed by atoms with Crippen LogP contribution in [0.25, 0.3) is 10.8 Å². The third-order valence-electron chi connectivity index (χ3n) is 3.21. The van der Waals surface area contributed by atoms with E-state index < -0.39 is 12.0 Å². The highest BCUT2D eigenvalue weighted by Crippen LogP contribution is 2.26. The van der Waals surface area contributed by atoms with Crippen molar-refractivity contribution in [1.29, 1.82) is 0 Å². The standard InChI is InChI=1S/C15H18N2O3/c1-2-3-4-13(15(19)20)17-14-12-9-11(18)6-5-10(12)7-8-16-14/h5-9,13,18H,2-4H2,1H3,(H,16,17)(H,19,20). The van der Waals surface area contributed by atoms with Crippen LogP contribution in [0.3, 0.4) is 0 Å².